The van der Waals surface area contributed by atoms with Crippen LogP contribution in [0.15, 0.2) is 30.3 Å². The third kappa shape index (κ3) is 4.36. The maximum absolute atomic E-state index is 13.6. The molecule has 0 bridgehead atoms. The molecule has 1 aromatic heterocycles. The van der Waals surface area contributed by atoms with Crippen LogP contribution in [0.5, 0.6) is 11.5 Å². The molecule has 0 unspecified atom stereocenters. The van der Waals surface area contributed by atoms with Gasteiger partial charge in [0.15, 0.2) is 16.6 Å². The van der Waals surface area contributed by atoms with Gasteiger partial charge >= 0.3 is 0 Å². The number of carbonyl (C=O) groups excluding carboxylic acids is 1. The van der Waals surface area contributed by atoms with E-state index in [0.29, 0.717) is 35.3 Å². The van der Waals surface area contributed by atoms with Gasteiger partial charge in [-0.25, -0.2) is 4.98 Å². The van der Waals surface area contributed by atoms with Gasteiger partial charge in [-0.15, -0.1) is 0 Å². The average molecular weight is 414 g/mol. The first-order valence-corrected chi connectivity index (χ1v) is 10.2. The molecule has 0 saturated carbocycles. The Balaban J connectivity index is 2.07. The summed E-state index contributed by atoms with van der Waals surface area (Å²) in [7, 11) is 7.08. The zero-order valence-electron chi connectivity index (χ0n) is 17.8. The summed E-state index contributed by atoms with van der Waals surface area (Å²) in [5, 5.41) is 0.682. The lowest BCUT2D eigenvalue weighted by molar-refractivity contribution is 0.0981. The van der Waals surface area contributed by atoms with Crippen LogP contribution in [0.4, 0.5) is 5.13 Å². The SMILES string of the molecule is COc1cccc(C(=O)N(CCN(C)C)c2nc3cc(C)c(C)cc3s2)c1OC. The number of fused-ring (bicyclic) bond motifs is 1. The predicted molar refractivity (Wildman–Crippen MR) is 119 cm³/mol. The van der Waals surface area contributed by atoms with Crippen LogP contribution in [0.2, 0.25) is 0 Å². The van der Waals surface area contributed by atoms with Crippen LogP contribution in [-0.2, 0) is 0 Å². The van der Waals surface area contributed by atoms with E-state index in [1.807, 2.05) is 19.0 Å². The highest BCUT2D eigenvalue weighted by molar-refractivity contribution is 7.22. The smallest absolute Gasteiger partial charge is 0.264 e. The first kappa shape index (κ1) is 21.1. The molecule has 0 aliphatic heterocycles. The third-order valence-corrected chi connectivity index (χ3v) is 5.91. The van der Waals surface area contributed by atoms with E-state index < -0.39 is 0 Å². The Morgan fingerprint density at radius 1 is 1.07 bits per heavy atom. The van der Waals surface area contributed by atoms with E-state index in [1.54, 1.807) is 37.3 Å². The largest absolute Gasteiger partial charge is 0.493 e. The van der Waals surface area contributed by atoms with E-state index in [9.17, 15) is 4.79 Å². The average Bonchev–Trinajstić information content (AvgIpc) is 3.09. The van der Waals surface area contributed by atoms with Gasteiger partial charge in [-0.1, -0.05) is 17.4 Å². The van der Waals surface area contributed by atoms with E-state index in [2.05, 4.69) is 26.0 Å². The normalized spacial score (nSPS) is 11.1. The molecule has 0 N–H and O–H groups in total. The maximum atomic E-state index is 13.6. The van der Waals surface area contributed by atoms with Crippen molar-refractivity contribution in [1.82, 2.24) is 9.88 Å². The number of thiazole rings is 1. The number of rotatable bonds is 7. The number of aryl methyl sites for hydroxylation is 2. The number of methoxy groups -OCH3 is 2. The highest BCUT2D eigenvalue weighted by Gasteiger charge is 2.25. The molecule has 0 radical (unpaired) electrons. The number of hydrogen-bond donors (Lipinski definition) is 0. The predicted octanol–water partition coefficient (Wildman–Crippen LogP) is 4.14. The lowest BCUT2D eigenvalue weighted by Crippen LogP contribution is -2.37. The fraction of sp³-hybridized carbons (Fsp3) is 0.364. The molecule has 3 aromatic rings. The molecule has 0 fully saturated rings. The number of anilines is 1. The molecule has 29 heavy (non-hydrogen) atoms. The summed E-state index contributed by atoms with van der Waals surface area (Å²) in [6.45, 7) is 5.39. The summed E-state index contributed by atoms with van der Waals surface area (Å²) in [4.78, 5) is 22.1. The number of likely N-dealkylation sites (N-methyl/N-ethyl adjacent to an activating group) is 1. The van der Waals surface area contributed by atoms with Crippen LogP contribution in [-0.4, -0.2) is 57.2 Å². The molecule has 7 heteroatoms. The molecule has 0 spiro atoms. The highest BCUT2D eigenvalue weighted by Crippen LogP contribution is 2.35. The summed E-state index contributed by atoms with van der Waals surface area (Å²) >= 11 is 1.53. The Morgan fingerprint density at radius 2 is 1.79 bits per heavy atom. The lowest BCUT2D eigenvalue weighted by atomic mass is 10.1. The molecule has 1 amide bonds. The summed E-state index contributed by atoms with van der Waals surface area (Å²) in [5.74, 6) is 0.805. The van der Waals surface area contributed by atoms with Gasteiger partial charge in [-0.3, -0.25) is 9.69 Å². The molecule has 0 atom stereocenters. The van der Waals surface area contributed by atoms with Crippen molar-refractivity contribution in [2.45, 2.75) is 13.8 Å². The topological polar surface area (TPSA) is 54.9 Å². The Bertz CT molecular complexity index is 991. The van der Waals surface area contributed by atoms with Crippen molar-refractivity contribution in [1.29, 1.82) is 0 Å². The Labute approximate surface area is 175 Å². The van der Waals surface area contributed by atoms with Crippen LogP contribution >= 0.6 is 11.3 Å². The lowest BCUT2D eigenvalue weighted by Gasteiger charge is -2.23. The number of ether oxygens (including phenoxy) is 2. The van der Waals surface area contributed by atoms with E-state index in [4.69, 9.17) is 14.5 Å². The maximum Gasteiger partial charge on any atom is 0.264 e. The molecular weight excluding hydrogens is 386 g/mol. The number of carbonyl (C=O) groups is 1. The van der Waals surface area contributed by atoms with Crippen LogP contribution in [0.1, 0.15) is 21.5 Å². The Hall–Kier alpha value is -2.64. The van der Waals surface area contributed by atoms with E-state index >= 15 is 0 Å². The quantitative estimate of drug-likeness (QED) is 0.583. The zero-order chi connectivity index (χ0) is 21.1. The summed E-state index contributed by atoms with van der Waals surface area (Å²) in [6.07, 6.45) is 0. The minimum atomic E-state index is -0.157. The zero-order valence-corrected chi connectivity index (χ0v) is 18.6. The summed E-state index contributed by atoms with van der Waals surface area (Å²) in [6, 6.07) is 9.54. The molecule has 154 valence electrons. The van der Waals surface area contributed by atoms with E-state index in [1.165, 1.54) is 22.5 Å². The first-order chi connectivity index (χ1) is 13.8. The van der Waals surface area contributed by atoms with Gasteiger partial charge in [0.2, 0.25) is 0 Å². The third-order valence-electron chi connectivity index (χ3n) is 4.87. The van der Waals surface area contributed by atoms with Crippen molar-refractivity contribution >= 4 is 32.6 Å². The number of hydrogen-bond acceptors (Lipinski definition) is 6. The van der Waals surface area contributed by atoms with Crippen molar-refractivity contribution in [2.75, 3.05) is 46.3 Å². The Morgan fingerprint density at radius 3 is 2.45 bits per heavy atom. The van der Waals surface area contributed by atoms with Crippen LogP contribution < -0.4 is 14.4 Å². The minimum Gasteiger partial charge on any atom is -0.493 e. The molecule has 2 aromatic carbocycles. The van der Waals surface area contributed by atoms with E-state index in [-0.39, 0.29) is 5.91 Å². The van der Waals surface area contributed by atoms with Crippen molar-refractivity contribution < 1.29 is 14.3 Å². The number of benzene rings is 2. The van der Waals surface area contributed by atoms with Gasteiger partial charge in [0, 0.05) is 13.1 Å². The number of amides is 1. The van der Waals surface area contributed by atoms with Gasteiger partial charge in [-0.05, 0) is 63.3 Å². The number of nitrogens with zero attached hydrogens (tertiary/aromatic N) is 3. The molecule has 3 rings (SSSR count). The monoisotopic (exact) mass is 413 g/mol. The van der Waals surface area contributed by atoms with E-state index in [0.717, 1.165) is 10.2 Å². The van der Waals surface area contributed by atoms with Crippen LogP contribution in [0.3, 0.4) is 0 Å². The highest BCUT2D eigenvalue weighted by atomic mass is 32.1. The van der Waals surface area contributed by atoms with Crippen molar-refractivity contribution in [3.8, 4) is 11.5 Å². The van der Waals surface area contributed by atoms with Gasteiger partial charge in [0.05, 0.1) is 30.0 Å². The standard InChI is InChI=1S/C22H27N3O3S/c1-14-12-17-19(13-15(14)2)29-22(23-17)25(11-10-24(3)4)21(26)16-8-7-9-18(27-5)20(16)28-6/h7-9,12-13H,10-11H2,1-6H3. The molecule has 0 aliphatic rings. The molecular formula is C22H27N3O3S. The first-order valence-electron chi connectivity index (χ1n) is 9.41. The Kier molecular flexibility index (Phi) is 6.39. The second kappa shape index (κ2) is 8.80. The van der Waals surface area contributed by atoms with Gasteiger partial charge < -0.3 is 14.4 Å². The fourth-order valence-corrected chi connectivity index (χ4v) is 4.14. The molecule has 1 heterocycles. The van der Waals surface area contributed by atoms with Crippen molar-refractivity contribution in [2.24, 2.45) is 0 Å². The number of para-hydroxylation sites is 1. The van der Waals surface area contributed by atoms with Gasteiger partial charge in [-0.2, -0.15) is 0 Å². The van der Waals surface area contributed by atoms with Crippen molar-refractivity contribution in [3.63, 3.8) is 0 Å². The molecule has 0 aliphatic carbocycles. The minimum absolute atomic E-state index is 0.157. The second-order valence-corrected chi connectivity index (χ2v) is 8.21. The summed E-state index contributed by atoms with van der Waals surface area (Å²) < 4.78 is 11.9. The second-order valence-electron chi connectivity index (χ2n) is 7.20. The van der Waals surface area contributed by atoms with Gasteiger partial charge in [0.1, 0.15) is 0 Å². The summed E-state index contributed by atoms with van der Waals surface area (Å²) in [5.41, 5.74) is 3.77. The van der Waals surface area contributed by atoms with Gasteiger partial charge in [0.25, 0.3) is 5.91 Å². The van der Waals surface area contributed by atoms with Crippen LogP contribution in [0.25, 0.3) is 10.2 Å². The fourth-order valence-electron chi connectivity index (χ4n) is 3.07. The number of aromatic nitrogens is 1. The van der Waals surface area contributed by atoms with Crippen molar-refractivity contribution in [3.05, 3.63) is 47.0 Å². The molecule has 6 nitrogen and oxygen atoms in total. The molecule has 0 saturated heterocycles. The van der Waals surface area contributed by atoms with Crippen LogP contribution in [0, 0.1) is 13.8 Å².